The Bertz CT molecular complexity index is 509. The van der Waals surface area contributed by atoms with Crippen LogP contribution >= 0.6 is 15.9 Å². The molecule has 1 rings (SSSR count). The summed E-state index contributed by atoms with van der Waals surface area (Å²) >= 11 is 3.35. The molecule has 0 aliphatic heterocycles. The van der Waals surface area contributed by atoms with Crippen molar-refractivity contribution in [2.45, 2.75) is 31.8 Å². The molecular formula is C13H19BrO3S. The van der Waals surface area contributed by atoms with E-state index in [1.165, 1.54) is 0 Å². The molecule has 0 aliphatic carbocycles. The van der Waals surface area contributed by atoms with Crippen molar-refractivity contribution in [3.05, 3.63) is 28.2 Å². The van der Waals surface area contributed by atoms with Gasteiger partial charge in [-0.05, 0) is 31.0 Å². The highest BCUT2D eigenvalue weighted by Gasteiger charge is 2.25. The molecule has 0 N–H and O–H groups in total. The zero-order chi connectivity index (χ0) is 13.9. The summed E-state index contributed by atoms with van der Waals surface area (Å²) in [5.74, 6) is 0.723. The second-order valence-corrected chi connectivity index (χ2v) is 7.99. The quantitative estimate of drug-likeness (QED) is 0.828. The Hall–Kier alpha value is -0.550. The fourth-order valence-electron chi connectivity index (χ4n) is 1.62. The predicted octanol–water partition coefficient (Wildman–Crippen LogP) is 3.42. The maximum atomic E-state index is 12.2. The van der Waals surface area contributed by atoms with Crippen molar-refractivity contribution in [1.82, 2.24) is 0 Å². The number of halogens is 1. The first-order valence-corrected chi connectivity index (χ1v) is 8.32. The molecule has 0 amide bonds. The fraction of sp³-hybridized carbons (Fsp3) is 0.538. The number of hydrogen-bond donors (Lipinski definition) is 0. The highest BCUT2D eigenvalue weighted by atomic mass is 79.9. The van der Waals surface area contributed by atoms with Crippen LogP contribution in [-0.2, 0) is 15.6 Å². The lowest BCUT2D eigenvalue weighted by molar-refractivity contribution is 0.410. The molecular weight excluding hydrogens is 316 g/mol. The van der Waals surface area contributed by atoms with Crippen molar-refractivity contribution in [2.24, 2.45) is 5.92 Å². The maximum absolute atomic E-state index is 12.2. The van der Waals surface area contributed by atoms with E-state index < -0.39 is 9.84 Å². The lowest BCUT2D eigenvalue weighted by Gasteiger charge is -2.17. The summed E-state index contributed by atoms with van der Waals surface area (Å²) in [4.78, 5) is 0. The molecule has 0 heterocycles. The zero-order valence-electron chi connectivity index (χ0n) is 11.1. The smallest absolute Gasteiger partial charge is 0.157 e. The molecule has 0 saturated carbocycles. The molecule has 1 aromatic carbocycles. The summed E-state index contributed by atoms with van der Waals surface area (Å²) in [5.41, 5.74) is 0.694. The Morgan fingerprint density at radius 2 is 1.89 bits per heavy atom. The average molecular weight is 335 g/mol. The number of hydrogen-bond acceptors (Lipinski definition) is 3. The third-order valence-electron chi connectivity index (χ3n) is 3.10. The molecule has 1 aromatic rings. The van der Waals surface area contributed by atoms with E-state index >= 15 is 0 Å². The molecule has 0 aliphatic rings. The molecule has 1 atom stereocenters. The zero-order valence-corrected chi connectivity index (χ0v) is 13.5. The first-order chi connectivity index (χ1) is 8.27. The number of rotatable bonds is 5. The Kier molecular flexibility index (Phi) is 5.22. The molecule has 3 nitrogen and oxygen atoms in total. The van der Waals surface area contributed by atoms with Gasteiger partial charge >= 0.3 is 0 Å². The van der Waals surface area contributed by atoms with E-state index in [1.807, 2.05) is 19.9 Å². The molecule has 0 radical (unpaired) electrons. The van der Waals surface area contributed by atoms with Crippen LogP contribution in [-0.4, -0.2) is 20.8 Å². The average Bonchev–Trinajstić information content (AvgIpc) is 2.27. The highest BCUT2D eigenvalue weighted by Crippen LogP contribution is 2.27. The summed E-state index contributed by atoms with van der Waals surface area (Å²) in [7, 11) is -1.62. The molecule has 5 heteroatoms. The van der Waals surface area contributed by atoms with E-state index in [0.717, 1.165) is 4.47 Å². The number of ether oxygens (including phenoxy) is 1. The summed E-state index contributed by atoms with van der Waals surface area (Å²) in [5, 5.41) is -0.360. The third kappa shape index (κ3) is 3.72. The van der Waals surface area contributed by atoms with E-state index in [9.17, 15) is 8.42 Å². The van der Waals surface area contributed by atoms with Gasteiger partial charge in [0.05, 0.1) is 18.1 Å². The van der Waals surface area contributed by atoms with Gasteiger partial charge in [-0.2, -0.15) is 0 Å². The Morgan fingerprint density at radius 1 is 1.28 bits per heavy atom. The molecule has 0 fully saturated rings. The lowest BCUT2D eigenvalue weighted by atomic mass is 10.2. The summed E-state index contributed by atoms with van der Waals surface area (Å²) in [6, 6.07) is 5.40. The SMILES string of the molecule is COc1ccc(Br)cc1CS(=O)(=O)C(C)C(C)C. The minimum Gasteiger partial charge on any atom is -0.496 e. The first-order valence-electron chi connectivity index (χ1n) is 5.82. The number of methoxy groups -OCH3 is 1. The Morgan fingerprint density at radius 3 is 2.39 bits per heavy atom. The van der Waals surface area contributed by atoms with Gasteiger partial charge in [0.15, 0.2) is 9.84 Å². The second-order valence-electron chi connectivity index (χ2n) is 4.71. The van der Waals surface area contributed by atoms with Gasteiger partial charge in [-0.25, -0.2) is 8.42 Å². The third-order valence-corrected chi connectivity index (χ3v) is 5.99. The van der Waals surface area contributed by atoms with Crippen LogP contribution in [0.1, 0.15) is 26.3 Å². The maximum Gasteiger partial charge on any atom is 0.157 e. The van der Waals surface area contributed by atoms with Crippen molar-refractivity contribution in [3.8, 4) is 5.75 Å². The lowest BCUT2D eigenvalue weighted by Crippen LogP contribution is -2.25. The van der Waals surface area contributed by atoms with E-state index in [2.05, 4.69) is 15.9 Å². The number of sulfone groups is 1. The van der Waals surface area contributed by atoms with Gasteiger partial charge in [0.1, 0.15) is 5.75 Å². The second kappa shape index (κ2) is 6.06. The van der Waals surface area contributed by atoms with E-state index in [4.69, 9.17) is 4.74 Å². The van der Waals surface area contributed by atoms with Gasteiger partial charge in [-0.3, -0.25) is 0 Å². The standard InChI is InChI=1S/C13H19BrO3S/c1-9(2)10(3)18(15,16)8-11-7-12(14)5-6-13(11)17-4/h5-7,9-10H,8H2,1-4H3. The molecule has 0 bridgehead atoms. The van der Waals surface area contributed by atoms with Crippen LogP contribution in [0.4, 0.5) is 0 Å². The molecule has 0 saturated heterocycles. The number of benzene rings is 1. The first kappa shape index (κ1) is 15.5. The van der Waals surface area contributed by atoms with Crippen molar-refractivity contribution in [3.63, 3.8) is 0 Å². The molecule has 1 unspecified atom stereocenters. The van der Waals surface area contributed by atoms with E-state index in [-0.39, 0.29) is 16.9 Å². The Labute approximate surface area is 118 Å². The van der Waals surface area contributed by atoms with Crippen molar-refractivity contribution in [2.75, 3.05) is 7.11 Å². The van der Waals surface area contributed by atoms with Crippen molar-refractivity contribution >= 4 is 25.8 Å². The van der Waals surface area contributed by atoms with Gasteiger partial charge in [-0.15, -0.1) is 0 Å². The van der Waals surface area contributed by atoms with Gasteiger partial charge < -0.3 is 4.74 Å². The summed E-state index contributed by atoms with van der Waals surface area (Å²) in [6.07, 6.45) is 0. The largest absolute Gasteiger partial charge is 0.496 e. The van der Waals surface area contributed by atoms with Crippen molar-refractivity contribution < 1.29 is 13.2 Å². The monoisotopic (exact) mass is 334 g/mol. The van der Waals surface area contributed by atoms with Gasteiger partial charge in [0, 0.05) is 10.0 Å². The fourth-order valence-corrected chi connectivity index (χ4v) is 3.78. The topological polar surface area (TPSA) is 43.4 Å². The van der Waals surface area contributed by atoms with Gasteiger partial charge in [-0.1, -0.05) is 29.8 Å². The van der Waals surface area contributed by atoms with Crippen LogP contribution in [0.3, 0.4) is 0 Å². The van der Waals surface area contributed by atoms with Crippen LogP contribution < -0.4 is 4.74 Å². The van der Waals surface area contributed by atoms with Gasteiger partial charge in [0.2, 0.25) is 0 Å². The highest BCUT2D eigenvalue weighted by molar-refractivity contribution is 9.10. The van der Waals surface area contributed by atoms with E-state index in [0.29, 0.717) is 11.3 Å². The van der Waals surface area contributed by atoms with Crippen molar-refractivity contribution in [1.29, 1.82) is 0 Å². The van der Waals surface area contributed by atoms with Crippen LogP contribution in [0, 0.1) is 5.92 Å². The summed E-state index contributed by atoms with van der Waals surface area (Å²) in [6.45, 7) is 5.59. The van der Waals surface area contributed by atoms with E-state index in [1.54, 1.807) is 26.2 Å². The predicted molar refractivity (Wildman–Crippen MR) is 77.6 cm³/mol. The Balaban J connectivity index is 3.07. The van der Waals surface area contributed by atoms with Crippen LogP contribution in [0.25, 0.3) is 0 Å². The minimum atomic E-state index is -3.16. The van der Waals surface area contributed by atoms with Gasteiger partial charge in [0.25, 0.3) is 0 Å². The normalized spacial score (nSPS) is 13.7. The minimum absolute atomic E-state index is 0.00889. The molecule has 0 aromatic heterocycles. The molecule has 18 heavy (non-hydrogen) atoms. The van der Waals surface area contributed by atoms with Crippen LogP contribution in [0.15, 0.2) is 22.7 Å². The molecule has 0 spiro atoms. The van der Waals surface area contributed by atoms with Crippen LogP contribution in [0.5, 0.6) is 5.75 Å². The van der Waals surface area contributed by atoms with Crippen LogP contribution in [0.2, 0.25) is 0 Å². The molecule has 102 valence electrons. The summed E-state index contributed by atoms with van der Waals surface area (Å²) < 4.78 is 30.6.